The van der Waals surface area contributed by atoms with Crippen LogP contribution in [0.25, 0.3) is 0 Å². The van der Waals surface area contributed by atoms with E-state index in [1.54, 1.807) is 25.8 Å². The van der Waals surface area contributed by atoms with Crippen LogP contribution in [-0.2, 0) is 9.53 Å². The number of nitrogens with one attached hydrogen (secondary N) is 1. The van der Waals surface area contributed by atoms with Crippen molar-refractivity contribution in [1.29, 1.82) is 0 Å². The Bertz CT molecular complexity index is 459. The number of likely N-dealkylation sites (N-methyl/N-ethyl adjacent to an activating group) is 1. The molecule has 0 saturated carbocycles. The van der Waals surface area contributed by atoms with Crippen LogP contribution in [0, 0.1) is 6.92 Å². The smallest absolute Gasteiger partial charge is 0.358 e. The summed E-state index contributed by atoms with van der Waals surface area (Å²) >= 11 is 1.34. The van der Waals surface area contributed by atoms with E-state index in [1.165, 1.54) is 11.3 Å². The molecule has 0 saturated heterocycles. The van der Waals surface area contributed by atoms with Crippen LogP contribution in [0.5, 0.6) is 0 Å². The Hall–Kier alpha value is -1.63. The zero-order valence-corrected chi connectivity index (χ0v) is 12.5. The number of aromatic nitrogens is 1. The summed E-state index contributed by atoms with van der Waals surface area (Å²) < 4.78 is 4.91. The molecule has 0 spiro atoms. The second-order valence-corrected chi connectivity index (χ2v) is 5.11. The highest BCUT2D eigenvalue weighted by Crippen LogP contribution is 2.22. The van der Waals surface area contributed by atoms with Crippen molar-refractivity contribution in [3.8, 4) is 0 Å². The number of hydrogen-bond acceptors (Lipinski definition) is 6. The van der Waals surface area contributed by atoms with E-state index in [9.17, 15) is 9.59 Å². The molecule has 0 aromatic carbocycles. The molecule has 0 fully saturated rings. The highest BCUT2D eigenvalue weighted by Gasteiger charge is 2.17. The van der Waals surface area contributed by atoms with Crippen LogP contribution >= 0.6 is 11.3 Å². The number of ether oxygens (including phenoxy) is 1. The van der Waals surface area contributed by atoms with Gasteiger partial charge in [0, 0.05) is 18.5 Å². The number of anilines is 1. The van der Waals surface area contributed by atoms with E-state index in [2.05, 4.69) is 10.3 Å². The molecule has 1 aromatic rings. The molecular formula is C12H19N3O3S. The predicted octanol–water partition coefficient (Wildman–Crippen LogP) is 1.52. The van der Waals surface area contributed by atoms with Gasteiger partial charge in [0.05, 0.1) is 13.2 Å². The Morgan fingerprint density at radius 3 is 2.68 bits per heavy atom. The third-order valence-corrected chi connectivity index (χ3v) is 3.48. The normalized spacial score (nSPS) is 10.1. The number of aryl methyl sites for hydroxylation is 1. The van der Waals surface area contributed by atoms with E-state index >= 15 is 0 Å². The SMILES string of the molecule is CCOC(=O)c1nc(NCC(=O)N(C)CC)sc1C. The summed E-state index contributed by atoms with van der Waals surface area (Å²) in [6, 6.07) is 0. The third kappa shape index (κ3) is 4.20. The third-order valence-electron chi connectivity index (χ3n) is 2.56. The van der Waals surface area contributed by atoms with Gasteiger partial charge in [-0.3, -0.25) is 4.79 Å². The van der Waals surface area contributed by atoms with E-state index in [1.807, 2.05) is 6.92 Å². The fraction of sp³-hybridized carbons (Fsp3) is 0.583. The van der Waals surface area contributed by atoms with Gasteiger partial charge in [-0.2, -0.15) is 0 Å². The second-order valence-electron chi connectivity index (χ2n) is 3.91. The number of nitrogens with zero attached hydrogens (tertiary/aromatic N) is 2. The molecule has 0 atom stereocenters. The first-order valence-electron chi connectivity index (χ1n) is 6.11. The van der Waals surface area contributed by atoms with Gasteiger partial charge in [0.2, 0.25) is 5.91 Å². The number of carbonyl (C=O) groups excluding carboxylic acids is 2. The quantitative estimate of drug-likeness (QED) is 0.802. The summed E-state index contributed by atoms with van der Waals surface area (Å²) in [5.41, 5.74) is 0.311. The lowest BCUT2D eigenvalue weighted by molar-refractivity contribution is -0.127. The minimum atomic E-state index is -0.429. The second kappa shape index (κ2) is 7.08. The molecular weight excluding hydrogens is 266 g/mol. The van der Waals surface area contributed by atoms with E-state index in [4.69, 9.17) is 4.74 Å². The highest BCUT2D eigenvalue weighted by atomic mass is 32.1. The molecule has 0 aliphatic rings. The van der Waals surface area contributed by atoms with Gasteiger partial charge in [0.1, 0.15) is 0 Å². The van der Waals surface area contributed by atoms with E-state index < -0.39 is 5.97 Å². The zero-order valence-electron chi connectivity index (χ0n) is 11.6. The van der Waals surface area contributed by atoms with Crippen molar-refractivity contribution in [1.82, 2.24) is 9.88 Å². The van der Waals surface area contributed by atoms with Crippen LogP contribution in [0.3, 0.4) is 0 Å². The van der Waals surface area contributed by atoms with Gasteiger partial charge in [-0.25, -0.2) is 9.78 Å². The number of esters is 1. The summed E-state index contributed by atoms with van der Waals surface area (Å²) in [6.07, 6.45) is 0. The molecule has 19 heavy (non-hydrogen) atoms. The van der Waals surface area contributed by atoms with Gasteiger partial charge in [-0.1, -0.05) is 0 Å². The van der Waals surface area contributed by atoms with Crippen molar-refractivity contribution in [3.05, 3.63) is 10.6 Å². The number of carbonyl (C=O) groups is 2. The maximum atomic E-state index is 11.6. The molecule has 0 aliphatic carbocycles. The lowest BCUT2D eigenvalue weighted by atomic mass is 10.4. The maximum absolute atomic E-state index is 11.6. The number of amides is 1. The number of rotatable bonds is 6. The minimum Gasteiger partial charge on any atom is -0.461 e. The van der Waals surface area contributed by atoms with E-state index in [-0.39, 0.29) is 12.5 Å². The Morgan fingerprint density at radius 2 is 2.11 bits per heavy atom. The van der Waals surface area contributed by atoms with Gasteiger partial charge in [-0.15, -0.1) is 11.3 Å². The lowest BCUT2D eigenvalue weighted by Gasteiger charge is -2.14. The first-order chi connectivity index (χ1) is 8.99. The summed E-state index contributed by atoms with van der Waals surface area (Å²) in [7, 11) is 1.74. The topological polar surface area (TPSA) is 71.5 Å². The van der Waals surface area contributed by atoms with Gasteiger partial charge < -0.3 is 15.0 Å². The van der Waals surface area contributed by atoms with Crippen LogP contribution in [0.4, 0.5) is 5.13 Å². The van der Waals surface area contributed by atoms with Crippen molar-refractivity contribution in [2.45, 2.75) is 20.8 Å². The Balaban J connectivity index is 2.64. The van der Waals surface area contributed by atoms with Crippen molar-refractivity contribution in [2.75, 3.05) is 32.1 Å². The first kappa shape index (κ1) is 15.4. The average Bonchev–Trinajstić information content (AvgIpc) is 2.76. The van der Waals surface area contributed by atoms with E-state index in [0.29, 0.717) is 24.0 Å². The molecule has 6 nitrogen and oxygen atoms in total. The number of thiazole rings is 1. The Kier molecular flexibility index (Phi) is 5.75. The largest absolute Gasteiger partial charge is 0.461 e. The monoisotopic (exact) mass is 285 g/mol. The lowest BCUT2D eigenvalue weighted by Crippen LogP contribution is -2.31. The minimum absolute atomic E-state index is 0.0203. The van der Waals surface area contributed by atoms with Gasteiger partial charge in [0.25, 0.3) is 0 Å². The molecule has 0 radical (unpaired) electrons. The average molecular weight is 285 g/mol. The summed E-state index contributed by atoms with van der Waals surface area (Å²) in [4.78, 5) is 29.7. The molecule has 1 N–H and O–H groups in total. The van der Waals surface area contributed by atoms with Crippen LogP contribution in [-0.4, -0.2) is 48.5 Å². The Morgan fingerprint density at radius 1 is 1.42 bits per heavy atom. The van der Waals surface area contributed by atoms with Crippen molar-refractivity contribution >= 4 is 28.3 Å². The van der Waals surface area contributed by atoms with Crippen LogP contribution in [0.1, 0.15) is 29.2 Å². The van der Waals surface area contributed by atoms with Crippen molar-refractivity contribution in [3.63, 3.8) is 0 Å². The molecule has 1 heterocycles. The summed E-state index contributed by atoms with van der Waals surface area (Å²) in [6.45, 7) is 6.60. The molecule has 106 valence electrons. The van der Waals surface area contributed by atoms with Crippen molar-refractivity contribution < 1.29 is 14.3 Å². The van der Waals surface area contributed by atoms with E-state index in [0.717, 1.165) is 4.88 Å². The van der Waals surface area contributed by atoms with Crippen LogP contribution in [0.2, 0.25) is 0 Å². The fourth-order valence-corrected chi connectivity index (χ4v) is 2.12. The van der Waals surface area contributed by atoms with Crippen LogP contribution < -0.4 is 5.32 Å². The molecule has 7 heteroatoms. The zero-order chi connectivity index (χ0) is 14.4. The molecule has 0 aliphatic heterocycles. The predicted molar refractivity (Wildman–Crippen MR) is 74.6 cm³/mol. The summed E-state index contributed by atoms with van der Waals surface area (Å²) in [5.74, 6) is -0.450. The fourth-order valence-electron chi connectivity index (χ4n) is 1.32. The Labute approximate surface area is 116 Å². The highest BCUT2D eigenvalue weighted by molar-refractivity contribution is 7.15. The molecule has 0 unspecified atom stereocenters. The van der Waals surface area contributed by atoms with Crippen LogP contribution in [0.15, 0.2) is 0 Å². The molecule has 1 amide bonds. The molecule has 1 aromatic heterocycles. The molecule has 1 rings (SSSR count). The first-order valence-corrected chi connectivity index (χ1v) is 6.93. The standard InChI is InChI=1S/C12H19N3O3S/c1-5-15(4)9(16)7-13-12-14-10(8(3)19-12)11(17)18-6-2/h5-7H2,1-4H3,(H,13,14). The van der Waals surface area contributed by atoms with Crippen molar-refractivity contribution in [2.24, 2.45) is 0 Å². The number of hydrogen-bond donors (Lipinski definition) is 1. The summed E-state index contributed by atoms with van der Waals surface area (Å²) in [5, 5.41) is 3.48. The van der Waals surface area contributed by atoms with Gasteiger partial charge in [-0.05, 0) is 20.8 Å². The molecule has 0 bridgehead atoms. The van der Waals surface area contributed by atoms with Gasteiger partial charge in [0.15, 0.2) is 10.8 Å². The maximum Gasteiger partial charge on any atom is 0.358 e. The van der Waals surface area contributed by atoms with Gasteiger partial charge >= 0.3 is 5.97 Å².